The van der Waals surface area contributed by atoms with Crippen LogP contribution in [0.15, 0.2) is 12.4 Å². The minimum absolute atomic E-state index is 0.407. The first-order chi connectivity index (χ1) is 7.24. The molecule has 1 aliphatic rings. The van der Waals surface area contributed by atoms with E-state index in [0.29, 0.717) is 16.4 Å². The molecular weight excluding hydrogens is 208 g/mol. The minimum atomic E-state index is 0.407. The highest BCUT2D eigenvalue weighted by Crippen LogP contribution is 2.42. The predicted octanol–water partition coefficient (Wildman–Crippen LogP) is 1.76. The van der Waals surface area contributed by atoms with E-state index in [0.717, 1.165) is 6.54 Å². The highest BCUT2D eigenvalue weighted by Gasteiger charge is 2.35. The Hall–Kier alpha value is -0.970. The van der Waals surface area contributed by atoms with E-state index in [2.05, 4.69) is 21.5 Å². The average Bonchev–Trinajstić information content (AvgIpc) is 2.20. The molecule has 0 bridgehead atoms. The molecule has 5 heteroatoms. The Bertz CT molecular complexity index is 315. The smallest absolute Gasteiger partial charge is 0.222 e. The lowest BCUT2D eigenvalue weighted by Crippen LogP contribution is -2.40. The first-order valence-electron chi connectivity index (χ1n) is 5.11. The third-order valence-electron chi connectivity index (χ3n) is 2.94. The van der Waals surface area contributed by atoms with Gasteiger partial charge in [0.25, 0.3) is 0 Å². The molecule has 0 aromatic carbocycles. The van der Waals surface area contributed by atoms with E-state index in [1.54, 1.807) is 12.4 Å². The summed E-state index contributed by atoms with van der Waals surface area (Å²) < 4.78 is 0.407. The van der Waals surface area contributed by atoms with E-state index in [-0.39, 0.29) is 0 Å². The maximum absolute atomic E-state index is 5.52. The van der Waals surface area contributed by atoms with E-state index in [1.807, 2.05) is 11.8 Å². The van der Waals surface area contributed by atoms with Gasteiger partial charge >= 0.3 is 0 Å². The number of hydrogen-bond acceptors (Lipinski definition) is 5. The summed E-state index contributed by atoms with van der Waals surface area (Å²) in [6.07, 6.45) is 9.34. The lowest BCUT2D eigenvalue weighted by molar-refractivity contribution is 0.379. The Balaban J connectivity index is 1.90. The van der Waals surface area contributed by atoms with Crippen LogP contribution >= 0.6 is 11.8 Å². The maximum atomic E-state index is 5.52. The molecule has 4 nitrogen and oxygen atoms in total. The molecule has 0 atom stereocenters. The van der Waals surface area contributed by atoms with Crippen molar-refractivity contribution < 1.29 is 0 Å². The second-order valence-corrected chi connectivity index (χ2v) is 5.21. The van der Waals surface area contributed by atoms with Crippen molar-refractivity contribution in [3.05, 3.63) is 12.4 Å². The molecule has 0 radical (unpaired) electrons. The Labute approximate surface area is 94.1 Å². The van der Waals surface area contributed by atoms with Gasteiger partial charge in [-0.05, 0) is 19.1 Å². The molecule has 1 aromatic heterocycles. The summed E-state index contributed by atoms with van der Waals surface area (Å²) in [4.78, 5) is 8.24. The number of anilines is 2. The van der Waals surface area contributed by atoms with Crippen LogP contribution in [-0.4, -0.2) is 27.5 Å². The van der Waals surface area contributed by atoms with Gasteiger partial charge in [0, 0.05) is 11.3 Å². The Morgan fingerprint density at radius 1 is 1.47 bits per heavy atom. The molecule has 3 N–H and O–H groups in total. The summed E-state index contributed by atoms with van der Waals surface area (Å²) in [7, 11) is 0. The van der Waals surface area contributed by atoms with Crippen LogP contribution in [-0.2, 0) is 0 Å². The average molecular weight is 224 g/mol. The van der Waals surface area contributed by atoms with Crippen LogP contribution < -0.4 is 11.1 Å². The number of nitrogen functional groups attached to an aromatic ring is 1. The Morgan fingerprint density at radius 2 is 2.13 bits per heavy atom. The quantitative estimate of drug-likeness (QED) is 0.816. The van der Waals surface area contributed by atoms with E-state index in [1.165, 1.54) is 19.3 Å². The monoisotopic (exact) mass is 224 g/mol. The van der Waals surface area contributed by atoms with Crippen molar-refractivity contribution in [2.75, 3.05) is 23.9 Å². The van der Waals surface area contributed by atoms with Crippen LogP contribution in [0.3, 0.4) is 0 Å². The predicted molar refractivity (Wildman–Crippen MR) is 65.0 cm³/mol. The standard InChI is InChI=1S/C10H16N4S/c1-15-10(3-2-4-10)7-14-9-12-5-8(11)6-13-9/h5-6H,2-4,7,11H2,1H3,(H,12,13,14). The van der Waals surface area contributed by atoms with Gasteiger partial charge in [0.2, 0.25) is 5.95 Å². The fourth-order valence-corrected chi connectivity index (χ4v) is 2.61. The van der Waals surface area contributed by atoms with Crippen LogP contribution in [0.2, 0.25) is 0 Å². The molecule has 0 amide bonds. The zero-order chi connectivity index (χ0) is 10.7. The summed E-state index contributed by atoms with van der Waals surface area (Å²) in [5.74, 6) is 0.671. The second-order valence-electron chi connectivity index (χ2n) is 3.93. The SMILES string of the molecule is CSC1(CNc2ncc(N)cn2)CCC1. The van der Waals surface area contributed by atoms with Gasteiger partial charge in [-0.1, -0.05) is 6.42 Å². The number of hydrogen-bond donors (Lipinski definition) is 2. The maximum Gasteiger partial charge on any atom is 0.222 e. The van der Waals surface area contributed by atoms with Crippen LogP contribution in [0.1, 0.15) is 19.3 Å². The van der Waals surface area contributed by atoms with Crippen LogP contribution in [0.25, 0.3) is 0 Å². The fraction of sp³-hybridized carbons (Fsp3) is 0.600. The van der Waals surface area contributed by atoms with Crippen molar-refractivity contribution in [3.8, 4) is 0 Å². The summed E-state index contributed by atoms with van der Waals surface area (Å²) in [6.45, 7) is 0.943. The number of nitrogens with two attached hydrogens (primary N) is 1. The Morgan fingerprint density at radius 3 is 2.60 bits per heavy atom. The fourth-order valence-electron chi connectivity index (χ4n) is 1.69. The van der Waals surface area contributed by atoms with Gasteiger partial charge in [0.1, 0.15) is 0 Å². The normalized spacial score (nSPS) is 18.2. The van der Waals surface area contributed by atoms with Gasteiger partial charge in [-0.25, -0.2) is 9.97 Å². The highest BCUT2D eigenvalue weighted by atomic mass is 32.2. The summed E-state index contributed by atoms with van der Waals surface area (Å²) >= 11 is 1.94. The molecule has 0 aliphatic heterocycles. The minimum Gasteiger partial charge on any atom is -0.396 e. The number of aromatic nitrogens is 2. The molecule has 0 unspecified atom stereocenters. The van der Waals surface area contributed by atoms with Crippen molar-refractivity contribution in [1.29, 1.82) is 0 Å². The van der Waals surface area contributed by atoms with Crippen LogP contribution in [0.5, 0.6) is 0 Å². The molecule has 82 valence electrons. The molecule has 15 heavy (non-hydrogen) atoms. The van der Waals surface area contributed by atoms with Gasteiger partial charge in [0.15, 0.2) is 0 Å². The number of nitrogens with zero attached hydrogens (tertiary/aromatic N) is 2. The third-order valence-corrected chi connectivity index (χ3v) is 4.36. The van der Waals surface area contributed by atoms with E-state index < -0.39 is 0 Å². The third kappa shape index (κ3) is 2.34. The van der Waals surface area contributed by atoms with Crippen LogP contribution in [0, 0.1) is 0 Å². The lowest BCUT2D eigenvalue weighted by atomic mass is 9.84. The summed E-state index contributed by atoms with van der Waals surface area (Å²) in [5.41, 5.74) is 6.12. The molecule has 2 rings (SSSR count). The molecule has 1 saturated carbocycles. The first kappa shape index (κ1) is 10.5. The van der Waals surface area contributed by atoms with Gasteiger partial charge in [-0.3, -0.25) is 0 Å². The van der Waals surface area contributed by atoms with Crippen molar-refractivity contribution in [2.24, 2.45) is 0 Å². The number of rotatable bonds is 4. The van der Waals surface area contributed by atoms with E-state index >= 15 is 0 Å². The highest BCUT2D eigenvalue weighted by molar-refractivity contribution is 8.00. The number of nitrogens with one attached hydrogen (secondary N) is 1. The molecule has 1 fully saturated rings. The molecular formula is C10H16N4S. The molecule has 1 aliphatic carbocycles. The Kier molecular flexibility index (Phi) is 3.00. The van der Waals surface area contributed by atoms with Gasteiger partial charge in [-0.2, -0.15) is 11.8 Å². The van der Waals surface area contributed by atoms with Gasteiger partial charge in [-0.15, -0.1) is 0 Å². The van der Waals surface area contributed by atoms with E-state index in [4.69, 9.17) is 5.73 Å². The topological polar surface area (TPSA) is 63.8 Å². The van der Waals surface area contributed by atoms with E-state index in [9.17, 15) is 0 Å². The molecule has 1 heterocycles. The number of thioether (sulfide) groups is 1. The molecule has 0 spiro atoms. The van der Waals surface area contributed by atoms with Crippen molar-refractivity contribution >= 4 is 23.4 Å². The molecule has 0 saturated heterocycles. The largest absolute Gasteiger partial charge is 0.396 e. The van der Waals surface area contributed by atoms with Crippen molar-refractivity contribution in [1.82, 2.24) is 9.97 Å². The second kappa shape index (κ2) is 4.26. The van der Waals surface area contributed by atoms with Gasteiger partial charge in [0.05, 0.1) is 18.1 Å². The molecule has 1 aromatic rings. The van der Waals surface area contributed by atoms with Crippen molar-refractivity contribution in [2.45, 2.75) is 24.0 Å². The van der Waals surface area contributed by atoms with Crippen molar-refractivity contribution in [3.63, 3.8) is 0 Å². The zero-order valence-corrected chi connectivity index (χ0v) is 9.68. The summed E-state index contributed by atoms with van der Waals surface area (Å²) in [5, 5.41) is 3.27. The zero-order valence-electron chi connectivity index (χ0n) is 8.86. The van der Waals surface area contributed by atoms with Gasteiger partial charge < -0.3 is 11.1 Å². The first-order valence-corrected chi connectivity index (χ1v) is 6.33. The van der Waals surface area contributed by atoms with Crippen LogP contribution in [0.4, 0.5) is 11.6 Å². The lowest BCUT2D eigenvalue weighted by Gasteiger charge is -2.40. The summed E-state index contributed by atoms with van der Waals surface area (Å²) in [6, 6.07) is 0.